The Bertz CT molecular complexity index is 1800. The summed E-state index contributed by atoms with van der Waals surface area (Å²) in [4.78, 5) is 24.3. The maximum absolute atomic E-state index is 15.3. The fourth-order valence-electron chi connectivity index (χ4n) is 4.04. The van der Waals surface area contributed by atoms with Crippen LogP contribution in [0.1, 0.15) is 10.4 Å². The molecule has 0 aromatic heterocycles. The first-order valence-electron chi connectivity index (χ1n) is 11.9. The molecule has 6 nitrogen and oxygen atoms in total. The monoisotopic (exact) mass is 578 g/mol. The van der Waals surface area contributed by atoms with Crippen LogP contribution in [0.4, 0.5) is 28.0 Å². The predicted octanol–water partition coefficient (Wildman–Crippen LogP) is 7.32. The van der Waals surface area contributed by atoms with Crippen LogP contribution < -0.4 is 15.4 Å². The fraction of sp³-hybridized carbons (Fsp3) is 0. The van der Waals surface area contributed by atoms with Crippen molar-refractivity contribution in [1.29, 1.82) is 0 Å². The van der Waals surface area contributed by atoms with Crippen LogP contribution in [0.15, 0.2) is 107 Å². The molecule has 0 bridgehead atoms. The lowest BCUT2D eigenvalue weighted by atomic mass is 10.1. The molecule has 0 radical (unpaired) electrons. The van der Waals surface area contributed by atoms with Crippen LogP contribution in [0.25, 0.3) is 10.8 Å². The lowest BCUT2D eigenvalue weighted by molar-refractivity contribution is 0.0959. The van der Waals surface area contributed by atoms with Gasteiger partial charge in [-0.1, -0.05) is 36.4 Å². The van der Waals surface area contributed by atoms with Crippen LogP contribution in [0.2, 0.25) is 0 Å². The highest BCUT2D eigenvalue weighted by Crippen LogP contribution is 2.38. The number of fused-ring (bicyclic) bond motifs is 1. The Morgan fingerprint density at radius 1 is 0.707 bits per heavy atom. The molecule has 1 unspecified atom stereocenters. The molecule has 0 spiro atoms. The molecule has 206 valence electrons. The number of benzene rings is 5. The molecule has 3 amide bonds. The highest BCUT2D eigenvalue weighted by atomic mass is 32.2. The molecule has 5 aromatic carbocycles. The summed E-state index contributed by atoms with van der Waals surface area (Å²) in [6, 6.07) is 20.6. The van der Waals surface area contributed by atoms with E-state index in [1.165, 1.54) is 36.4 Å². The topological polar surface area (TPSA) is 84.5 Å². The third-order valence-electron chi connectivity index (χ3n) is 5.88. The Kier molecular flexibility index (Phi) is 7.79. The van der Waals surface area contributed by atoms with Gasteiger partial charge in [0.05, 0.1) is 15.7 Å². The molecule has 2 N–H and O–H groups in total. The Labute approximate surface area is 233 Å². The van der Waals surface area contributed by atoms with Gasteiger partial charge in [0.2, 0.25) is 0 Å². The van der Waals surface area contributed by atoms with E-state index in [0.717, 1.165) is 30.3 Å². The van der Waals surface area contributed by atoms with Gasteiger partial charge in [-0.2, -0.15) is 0 Å². The van der Waals surface area contributed by atoms with E-state index in [0.29, 0.717) is 4.90 Å². The number of nitrogens with one attached hydrogen (secondary N) is 2. The number of ether oxygens (including phenoxy) is 1. The maximum atomic E-state index is 15.3. The zero-order valence-corrected chi connectivity index (χ0v) is 21.6. The molecule has 0 saturated heterocycles. The molecule has 0 heterocycles. The average Bonchev–Trinajstić information content (AvgIpc) is 2.94. The minimum absolute atomic E-state index is 0.0400. The van der Waals surface area contributed by atoms with Crippen LogP contribution in [0, 0.1) is 23.3 Å². The molecule has 41 heavy (non-hydrogen) atoms. The fourth-order valence-corrected chi connectivity index (χ4v) is 5.31. The molecule has 0 aliphatic heterocycles. The molecular formula is C30H18F4N2O4S. The smallest absolute Gasteiger partial charge is 0.326 e. The first-order valence-corrected chi connectivity index (χ1v) is 13.1. The first kappa shape index (κ1) is 27.5. The van der Waals surface area contributed by atoms with Gasteiger partial charge in [-0.15, -0.1) is 0 Å². The van der Waals surface area contributed by atoms with Crippen molar-refractivity contribution in [3.63, 3.8) is 0 Å². The summed E-state index contributed by atoms with van der Waals surface area (Å²) in [5.41, 5.74) is -0.715. The zero-order chi connectivity index (χ0) is 29.1. The van der Waals surface area contributed by atoms with Gasteiger partial charge in [0.25, 0.3) is 5.91 Å². The lowest BCUT2D eigenvalue weighted by Crippen LogP contribution is -2.35. The second-order valence-corrected chi connectivity index (χ2v) is 9.98. The largest absolute Gasteiger partial charge is 0.457 e. The number of urea groups is 1. The summed E-state index contributed by atoms with van der Waals surface area (Å²) in [6.07, 6.45) is 0. The zero-order valence-electron chi connectivity index (χ0n) is 20.8. The molecule has 0 aliphatic rings. The Hall–Kier alpha value is -5.03. The third-order valence-corrected chi connectivity index (χ3v) is 7.35. The van der Waals surface area contributed by atoms with Crippen molar-refractivity contribution in [3.05, 3.63) is 126 Å². The standard InChI is InChI=1S/C30H18F4N2O4S/c31-21-9-4-8-20-25(16-24(34)28(26(20)21)41(39)19-6-2-1-3-7-19)40-18-14-12-17(13-15-18)35-30(38)36-29(37)27-22(32)10-5-11-23(27)33/h1-16H,(H2,35,36,37,38). The van der Waals surface area contributed by atoms with Crippen molar-refractivity contribution in [3.8, 4) is 11.5 Å². The summed E-state index contributed by atoms with van der Waals surface area (Å²) < 4.78 is 76.8. The van der Waals surface area contributed by atoms with Crippen LogP contribution in [-0.2, 0) is 10.8 Å². The molecule has 5 aromatic rings. The van der Waals surface area contributed by atoms with Crippen molar-refractivity contribution < 1.29 is 36.1 Å². The second-order valence-electron chi connectivity index (χ2n) is 8.56. The van der Waals surface area contributed by atoms with Crippen molar-refractivity contribution in [2.24, 2.45) is 0 Å². The quantitative estimate of drug-likeness (QED) is 0.207. The Morgan fingerprint density at radius 2 is 1.34 bits per heavy atom. The SMILES string of the molecule is O=C(NC(=O)c1c(F)cccc1F)Nc1ccc(Oc2cc(F)c(S(=O)c3ccccc3)c3c(F)cccc23)cc1. The van der Waals surface area contributed by atoms with Gasteiger partial charge in [-0.05, 0) is 54.6 Å². The van der Waals surface area contributed by atoms with Gasteiger partial charge in [0.1, 0.15) is 40.3 Å². The van der Waals surface area contributed by atoms with Crippen molar-refractivity contribution in [1.82, 2.24) is 5.32 Å². The molecule has 5 rings (SSSR count). The van der Waals surface area contributed by atoms with Crippen LogP contribution >= 0.6 is 0 Å². The number of imide groups is 1. The van der Waals surface area contributed by atoms with E-state index < -0.39 is 51.6 Å². The summed E-state index contributed by atoms with van der Waals surface area (Å²) in [5, 5.41) is 4.18. The lowest BCUT2D eigenvalue weighted by Gasteiger charge is -2.14. The average molecular weight is 579 g/mol. The van der Waals surface area contributed by atoms with Crippen LogP contribution in [0.3, 0.4) is 0 Å². The maximum Gasteiger partial charge on any atom is 0.326 e. The second kappa shape index (κ2) is 11.6. The van der Waals surface area contributed by atoms with Crippen molar-refractivity contribution >= 4 is 39.2 Å². The number of carbonyl (C=O) groups is 2. The normalized spacial score (nSPS) is 11.6. The number of halogens is 4. The minimum atomic E-state index is -2.01. The highest BCUT2D eigenvalue weighted by Gasteiger charge is 2.23. The summed E-state index contributed by atoms with van der Waals surface area (Å²) in [6.45, 7) is 0. The van der Waals surface area contributed by atoms with E-state index in [4.69, 9.17) is 4.74 Å². The predicted molar refractivity (Wildman–Crippen MR) is 144 cm³/mol. The van der Waals surface area contributed by atoms with Gasteiger partial charge in [0.15, 0.2) is 0 Å². The number of rotatable bonds is 6. The molecule has 0 aliphatic carbocycles. The van der Waals surface area contributed by atoms with Gasteiger partial charge >= 0.3 is 6.03 Å². The van der Waals surface area contributed by atoms with Gasteiger partial charge in [0, 0.05) is 27.4 Å². The molecular weight excluding hydrogens is 560 g/mol. The van der Waals surface area contributed by atoms with E-state index in [1.54, 1.807) is 30.3 Å². The molecule has 0 fully saturated rings. The van der Waals surface area contributed by atoms with Crippen molar-refractivity contribution in [2.45, 2.75) is 9.79 Å². The van der Waals surface area contributed by atoms with Crippen molar-refractivity contribution in [2.75, 3.05) is 5.32 Å². The Morgan fingerprint density at radius 3 is 2.02 bits per heavy atom. The molecule has 0 saturated carbocycles. The minimum Gasteiger partial charge on any atom is -0.457 e. The summed E-state index contributed by atoms with van der Waals surface area (Å²) in [7, 11) is -2.01. The number of hydrogen-bond donors (Lipinski definition) is 2. The van der Waals surface area contributed by atoms with E-state index >= 15 is 4.39 Å². The van der Waals surface area contributed by atoms with E-state index in [2.05, 4.69) is 5.32 Å². The van der Waals surface area contributed by atoms with Crippen LogP contribution in [-0.4, -0.2) is 16.1 Å². The Balaban J connectivity index is 1.35. The number of carbonyl (C=O) groups excluding carboxylic acids is 2. The molecule has 1 atom stereocenters. The number of amides is 3. The highest BCUT2D eigenvalue weighted by molar-refractivity contribution is 7.85. The van der Waals surface area contributed by atoms with Gasteiger partial charge < -0.3 is 10.1 Å². The van der Waals surface area contributed by atoms with E-state index in [1.807, 2.05) is 5.32 Å². The van der Waals surface area contributed by atoms with E-state index in [9.17, 15) is 27.0 Å². The van der Waals surface area contributed by atoms with Crippen LogP contribution in [0.5, 0.6) is 11.5 Å². The third kappa shape index (κ3) is 5.80. The van der Waals surface area contributed by atoms with Gasteiger partial charge in [-0.25, -0.2) is 26.6 Å². The first-order chi connectivity index (χ1) is 19.7. The van der Waals surface area contributed by atoms with E-state index in [-0.39, 0.29) is 32.9 Å². The summed E-state index contributed by atoms with van der Waals surface area (Å²) in [5.74, 6) is -5.08. The number of anilines is 1. The summed E-state index contributed by atoms with van der Waals surface area (Å²) >= 11 is 0. The number of hydrogen-bond acceptors (Lipinski definition) is 4. The molecule has 11 heteroatoms. The van der Waals surface area contributed by atoms with Gasteiger partial charge in [-0.3, -0.25) is 10.1 Å².